The molecule has 10 heteroatoms. The minimum Gasteiger partial charge on any atom is -0.481 e. The Hall–Kier alpha value is -4.73. The van der Waals surface area contributed by atoms with E-state index < -0.39 is 11.9 Å². The summed E-state index contributed by atoms with van der Waals surface area (Å²) in [5.41, 5.74) is 3.68. The highest BCUT2D eigenvalue weighted by Gasteiger charge is 2.28. The standard InChI is InChI=1S/C28H28N6O4/c35-25(33-13-5-8-21(17-33)27(37)38)12-11-23-18-34(24-9-2-1-3-10-24)28(31-23)32-26(36)20-7-4-6-19(14-20)22-15-29-30-16-22/h1-4,6-7,9-10,14-16,18,21H,5,8,11-13,17H2,(H,29,30)(H,37,38)(H,31,32,36). The first kappa shape index (κ1) is 24.9. The molecule has 0 radical (unpaired) electrons. The molecule has 38 heavy (non-hydrogen) atoms. The minimum atomic E-state index is -0.861. The van der Waals surface area contributed by atoms with E-state index in [-0.39, 0.29) is 24.8 Å². The van der Waals surface area contributed by atoms with E-state index in [9.17, 15) is 19.5 Å². The van der Waals surface area contributed by atoms with Crippen LogP contribution in [0, 0.1) is 5.92 Å². The van der Waals surface area contributed by atoms with Crippen molar-refractivity contribution in [3.05, 3.63) is 84.4 Å². The van der Waals surface area contributed by atoms with Crippen LogP contribution in [-0.2, 0) is 16.0 Å². The van der Waals surface area contributed by atoms with Crippen molar-refractivity contribution in [1.29, 1.82) is 0 Å². The Labute approximate surface area is 219 Å². The van der Waals surface area contributed by atoms with Crippen LogP contribution in [0.15, 0.2) is 73.2 Å². The fraction of sp³-hybridized carbons (Fsp3) is 0.250. The van der Waals surface area contributed by atoms with E-state index in [4.69, 9.17) is 0 Å². The highest BCUT2D eigenvalue weighted by molar-refractivity contribution is 6.04. The maximum atomic E-state index is 13.2. The maximum Gasteiger partial charge on any atom is 0.308 e. The molecule has 1 aliphatic rings. The number of aliphatic carboxylic acids is 1. The molecular weight excluding hydrogens is 484 g/mol. The summed E-state index contributed by atoms with van der Waals surface area (Å²) in [6.45, 7) is 0.812. The highest BCUT2D eigenvalue weighted by Crippen LogP contribution is 2.22. The SMILES string of the molecule is O=C(Nc1nc(CCC(=O)N2CCCC(C(=O)O)C2)cn1-c1ccccc1)c1cccc(-c2cn[nH]c2)c1. The van der Waals surface area contributed by atoms with Gasteiger partial charge < -0.3 is 10.0 Å². The van der Waals surface area contributed by atoms with Crippen molar-refractivity contribution in [3.8, 4) is 16.8 Å². The van der Waals surface area contributed by atoms with Crippen LogP contribution in [0.25, 0.3) is 16.8 Å². The van der Waals surface area contributed by atoms with Crippen molar-refractivity contribution in [3.63, 3.8) is 0 Å². The summed E-state index contributed by atoms with van der Waals surface area (Å²) in [6.07, 6.45) is 7.12. The van der Waals surface area contributed by atoms with Gasteiger partial charge in [-0.05, 0) is 42.7 Å². The van der Waals surface area contributed by atoms with Crippen LogP contribution in [0.4, 0.5) is 5.95 Å². The first-order valence-electron chi connectivity index (χ1n) is 12.5. The number of carbonyl (C=O) groups is 3. The van der Waals surface area contributed by atoms with Gasteiger partial charge in [0.25, 0.3) is 5.91 Å². The van der Waals surface area contributed by atoms with Gasteiger partial charge in [-0.15, -0.1) is 0 Å². The van der Waals surface area contributed by atoms with Crippen LogP contribution in [-0.4, -0.2) is 60.6 Å². The predicted octanol–water partition coefficient (Wildman–Crippen LogP) is 3.77. The number of carboxylic acids is 1. The highest BCUT2D eigenvalue weighted by atomic mass is 16.4. The van der Waals surface area contributed by atoms with E-state index in [1.807, 2.05) is 48.7 Å². The number of hydrogen-bond donors (Lipinski definition) is 3. The number of carbonyl (C=O) groups excluding carboxylic acids is 2. The average Bonchev–Trinajstić information content (AvgIpc) is 3.63. The number of aryl methyl sites for hydroxylation is 1. The van der Waals surface area contributed by atoms with Gasteiger partial charge in [0.05, 0.1) is 17.8 Å². The molecule has 1 atom stereocenters. The summed E-state index contributed by atoms with van der Waals surface area (Å²) in [4.78, 5) is 43.6. The molecule has 1 saturated heterocycles. The lowest BCUT2D eigenvalue weighted by Gasteiger charge is -2.30. The van der Waals surface area contributed by atoms with E-state index >= 15 is 0 Å². The number of nitrogens with one attached hydrogen (secondary N) is 2. The number of rotatable bonds is 8. The number of nitrogens with zero attached hydrogens (tertiary/aromatic N) is 4. The minimum absolute atomic E-state index is 0.0909. The number of benzene rings is 2. The number of likely N-dealkylation sites (tertiary alicyclic amines) is 1. The normalized spacial score (nSPS) is 15.3. The monoisotopic (exact) mass is 512 g/mol. The van der Waals surface area contributed by atoms with E-state index in [0.29, 0.717) is 43.0 Å². The third-order valence-electron chi connectivity index (χ3n) is 6.69. The van der Waals surface area contributed by atoms with Crippen LogP contribution < -0.4 is 5.32 Å². The molecule has 1 fully saturated rings. The Morgan fingerprint density at radius 1 is 1.08 bits per heavy atom. The fourth-order valence-corrected chi connectivity index (χ4v) is 4.64. The zero-order valence-corrected chi connectivity index (χ0v) is 20.7. The number of imidazole rings is 1. The lowest BCUT2D eigenvalue weighted by molar-refractivity contribution is -0.145. The molecule has 2 aromatic carbocycles. The van der Waals surface area contributed by atoms with E-state index in [1.165, 1.54) is 0 Å². The summed E-state index contributed by atoms with van der Waals surface area (Å²) in [5, 5.41) is 19.0. The number of para-hydroxylation sites is 1. The number of carboxylic acid groups (broad SMARTS) is 1. The topological polar surface area (TPSA) is 133 Å². The van der Waals surface area contributed by atoms with E-state index in [0.717, 1.165) is 16.8 Å². The summed E-state index contributed by atoms with van der Waals surface area (Å²) < 4.78 is 1.79. The second-order valence-corrected chi connectivity index (χ2v) is 9.30. The molecule has 194 valence electrons. The van der Waals surface area contributed by atoms with Crippen molar-refractivity contribution in [1.82, 2.24) is 24.6 Å². The molecule has 3 N–H and O–H groups in total. The molecule has 0 bridgehead atoms. The largest absolute Gasteiger partial charge is 0.481 e. The lowest BCUT2D eigenvalue weighted by atomic mass is 9.98. The van der Waals surface area contributed by atoms with Crippen LogP contribution in [0.2, 0.25) is 0 Å². The summed E-state index contributed by atoms with van der Waals surface area (Å²) >= 11 is 0. The predicted molar refractivity (Wildman–Crippen MR) is 141 cm³/mol. The average molecular weight is 513 g/mol. The molecule has 0 spiro atoms. The van der Waals surface area contributed by atoms with Crippen LogP contribution in [0.1, 0.15) is 35.3 Å². The molecule has 0 aliphatic carbocycles. The zero-order valence-electron chi connectivity index (χ0n) is 20.7. The summed E-state index contributed by atoms with van der Waals surface area (Å²) in [6, 6.07) is 16.8. The Kier molecular flexibility index (Phi) is 7.30. The molecule has 1 unspecified atom stereocenters. The summed E-state index contributed by atoms with van der Waals surface area (Å²) in [7, 11) is 0. The molecule has 5 rings (SSSR count). The third-order valence-corrected chi connectivity index (χ3v) is 6.69. The number of amides is 2. The number of H-pyrrole nitrogens is 1. The fourth-order valence-electron chi connectivity index (χ4n) is 4.64. The molecule has 2 amide bonds. The third kappa shape index (κ3) is 5.64. The van der Waals surface area contributed by atoms with Gasteiger partial charge in [-0.25, -0.2) is 4.98 Å². The smallest absolute Gasteiger partial charge is 0.308 e. The number of aromatic amines is 1. The summed E-state index contributed by atoms with van der Waals surface area (Å²) in [5.74, 6) is -1.43. The molecule has 10 nitrogen and oxygen atoms in total. The number of anilines is 1. The van der Waals surface area contributed by atoms with Crippen molar-refractivity contribution >= 4 is 23.7 Å². The van der Waals surface area contributed by atoms with Gasteiger partial charge in [-0.1, -0.05) is 30.3 Å². The molecule has 1 aliphatic heterocycles. The Morgan fingerprint density at radius 3 is 2.68 bits per heavy atom. The number of piperidine rings is 1. The molecule has 2 aromatic heterocycles. The van der Waals surface area contributed by atoms with Crippen molar-refractivity contribution in [2.75, 3.05) is 18.4 Å². The van der Waals surface area contributed by atoms with Crippen molar-refractivity contribution in [2.24, 2.45) is 5.92 Å². The van der Waals surface area contributed by atoms with Gasteiger partial charge in [0.2, 0.25) is 11.9 Å². The zero-order chi connectivity index (χ0) is 26.5. The second kappa shape index (κ2) is 11.1. The molecule has 3 heterocycles. The van der Waals surface area contributed by atoms with Gasteiger partial charge in [0.15, 0.2) is 0 Å². The van der Waals surface area contributed by atoms with Crippen molar-refractivity contribution < 1.29 is 19.5 Å². The first-order chi connectivity index (χ1) is 18.5. The molecule has 0 saturated carbocycles. The second-order valence-electron chi connectivity index (χ2n) is 9.30. The maximum absolute atomic E-state index is 13.2. The van der Waals surface area contributed by atoms with Crippen molar-refractivity contribution in [2.45, 2.75) is 25.7 Å². The number of aromatic nitrogens is 4. The molecule has 4 aromatic rings. The Bertz CT molecular complexity index is 1430. The van der Waals surface area contributed by atoms with Gasteiger partial charge in [-0.3, -0.25) is 29.4 Å². The molecular formula is C28H28N6O4. The van der Waals surface area contributed by atoms with Gasteiger partial charge in [-0.2, -0.15) is 5.10 Å². The Balaban J connectivity index is 1.33. The van der Waals surface area contributed by atoms with Crippen LogP contribution in [0.3, 0.4) is 0 Å². The quantitative estimate of drug-likeness (QED) is 0.329. The lowest BCUT2D eigenvalue weighted by Crippen LogP contribution is -2.42. The van der Waals surface area contributed by atoms with Crippen LogP contribution >= 0.6 is 0 Å². The first-order valence-corrected chi connectivity index (χ1v) is 12.5. The van der Waals surface area contributed by atoms with Gasteiger partial charge >= 0.3 is 5.97 Å². The van der Waals surface area contributed by atoms with Crippen LogP contribution in [0.5, 0.6) is 0 Å². The van der Waals surface area contributed by atoms with Gasteiger partial charge in [0, 0.05) is 55.1 Å². The Morgan fingerprint density at radius 2 is 1.92 bits per heavy atom. The van der Waals surface area contributed by atoms with E-state index in [2.05, 4.69) is 20.5 Å². The van der Waals surface area contributed by atoms with E-state index in [1.54, 1.807) is 34.0 Å². The van der Waals surface area contributed by atoms with Gasteiger partial charge in [0.1, 0.15) is 0 Å². The number of hydrogen-bond acceptors (Lipinski definition) is 5.